The van der Waals surface area contributed by atoms with Gasteiger partial charge in [-0.3, -0.25) is 19.4 Å². The number of rotatable bonds is 2. The highest BCUT2D eigenvalue weighted by atomic mass is 16.5. The first-order valence-electron chi connectivity index (χ1n) is 13.5. The Hall–Kier alpha value is -5.06. The summed E-state index contributed by atoms with van der Waals surface area (Å²) in [6.45, 7) is 2.84. The minimum Gasteiger partial charge on any atom is -0.492 e. The summed E-state index contributed by atoms with van der Waals surface area (Å²) in [7, 11) is 0. The van der Waals surface area contributed by atoms with Crippen LogP contribution in [0, 0.1) is 0 Å². The Morgan fingerprint density at radius 1 is 0.976 bits per heavy atom. The number of pyridine rings is 1. The van der Waals surface area contributed by atoms with Gasteiger partial charge >= 0.3 is 0 Å². The lowest BCUT2D eigenvalue weighted by Crippen LogP contribution is -2.43. The summed E-state index contributed by atoms with van der Waals surface area (Å²) in [5.41, 5.74) is 1.55. The molecule has 3 heterocycles. The summed E-state index contributed by atoms with van der Waals surface area (Å²) < 4.78 is 7.66. The number of hydrogen-bond donors (Lipinski definition) is 2. The molecule has 2 aromatic heterocycles. The minimum absolute atomic E-state index is 0.182. The molecule has 1 aliphatic rings. The van der Waals surface area contributed by atoms with E-state index in [9.17, 15) is 14.4 Å². The van der Waals surface area contributed by atoms with E-state index >= 15 is 0 Å². The first kappa shape index (κ1) is 27.5. The molecule has 2 bridgehead atoms. The maximum Gasteiger partial charge on any atom is 0.272 e. The van der Waals surface area contributed by atoms with Gasteiger partial charge in [0.05, 0.1) is 19.1 Å². The van der Waals surface area contributed by atoms with E-state index in [0.717, 1.165) is 5.56 Å². The van der Waals surface area contributed by atoms with E-state index < -0.39 is 6.04 Å². The molecule has 41 heavy (non-hydrogen) atoms. The molecule has 2 aromatic carbocycles. The molecule has 0 unspecified atom stereocenters. The SMILES string of the molecule is C[C@@H]1NC(=O)CN(C(=O)c2ccccn2)CCCNC(=O)c2cccc(c2)OCCn2nc(-c3ccccc3)nc21. The zero-order chi connectivity index (χ0) is 28.6. The number of fused-ring (bicyclic) bond motifs is 3. The van der Waals surface area contributed by atoms with Gasteiger partial charge in [0.2, 0.25) is 5.91 Å². The van der Waals surface area contributed by atoms with E-state index in [1.165, 1.54) is 11.1 Å². The summed E-state index contributed by atoms with van der Waals surface area (Å²) in [5, 5.41) is 10.5. The van der Waals surface area contributed by atoms with Gasteiger partial charge in [0.1, 0.15) is 23.9 Å². The van der Waals surface area contributed by atoms with Crippen molar-refractivity contribution in [1.82, 2.24) is 35.3 Å². The van der Waals surface area contributed by atoms with Crippen molar-refractivity contribution in [3.8, 4) is 17.1 Å². The molecule has 5 rings (SSSR count). The standard InChI is InChI=1S/C30H31N7O4/c1-21-28-34-27(22-9-3-2-4-10-22)35-37(28)17-18-41-24-12-7-11-23(19-24)29(39)32-15-8-16-36(20-26(38)33-21)30(40)25-13-5-6-14-31-25/h2-7,9-14,19,21H,8,15-18,20H2,1H3,(H,32,39)(H,33,38)/t21-/m0/s1. The highest BCUT2D eigenvalue weighted by Gasteiger charge is 2.23. The predicted molar refractivity (Wildman–Crippen MR) is 151 cm³/mol. The second kappa shape index (κ2) is 12.9. The second-order valence-electron chi connectivity index (χ2n) is 9.60. The quantitative estimate of drug-likeness (QED) is 0.390. The van der Waals surface area contributed by atoms with E-state index in [1.807, 2.05) is 37.3 Å². The van der Waals surface area contributed by atoms with Crippen LogP contribution in [0.25, 0.3) is 11.4 Å². The van der Waals surface area contributed by atoms with Gasteiger partial charge in [-0.2, -0.15) is 5.10 Å². The lowest BCUT2D eigenvalue weighted by Gasteiger charge is -2.23. The van der Waals surface area contributed by atoms with Crippen molar-refractivity contribution in [2.45, 2.75) is 25.9 Å². The lowest BCUT2D eigenvalue weighted by molar-refractivity contribution is -0.122. The molecule has 0 saturated carbocycles. The van der Waals surface area contributed by atoms with Crippen molar-refractivity contribution >= 4 is 17.7 Å². The van der Waals surface area contributed by atoms with Gasteiger partial charge < -0.3 is 20.3 Å². The van der Waals surface area contributed by atoms with E-state index in [-0.39, 0.29) is 43.1 Å². The molecule has 1 atom stereocenters. The van der Waals surface area contributed by atoms with Crippen molar-refractivity contribution in [3.05, 3.63) is 96.1 Å². The van der Waals surface area contributed by atoms with Gasteiger partial charge in [-0.25, -0.2) is 9.67 Å². The molecule has 210 valence electrons. The Bertz CT molecular complexity index is 1510. The zero-order valence-corrected chi connectivity index (χ0v) is 22.7. The van der Waals surface area contributed by atoms with Crippen LogP contribution in [0.3, 0.4) is 0 Å². The topological polar surface area (TPSA) is 131 Å². The van der Waals surface area contributed by atoms with Crippen LogP contribution in [0.2, 0.25) is 0 Å². The van der Waals surface area contributed by atoms with Gasteiger partial charge in [0.25, 0.3) is 11.8 Å². The van der Waals surface area contributed by atoms with Gasteiger partial charge in [-0.05, 0) is 43.7 Å². The van der Waals surface area contributed by atoms with E-state index in [0.29, 0.717) is 42.5 Å². The third-order valence-electron chi connectivity index (χ3n) is 6.56. The molecule has 11 heteroatoms. The van der Waals surface area contributed by atoms with Crippen LogP contribution in [0.4, 0.5) is 0 Å². The zero-order valence-electron chi connectivity index (χ0n) is 22.7. The summed E-state index contributed by atoms with van der Waals surface area (Å²) in [5.74, 6) is 0.660. The van der Waals surface area contributed by atoms with Gasteiger partial charge in [0, 0.05) is 30.4 Å². The Morgan fingerprint density at radius 2 is 1.78 bits per heavy atom. The number of amides is 3. The van der Waals surface area contributed by atoms with Crippen LogP contribution < -0.4 is 15.4 Å². The summed E-state index contributed by atoms with van der Waals surface area (Å²) in [4.78, 5) is 49.5. The third kappa shape index (κ3) is 6.93. The number of nitrogens with one attached hydrogen (secondary N) is 2. The van der Waals surface area contributed by atoms with Gasteiger partial charge in [0.15, 0.2) is 5.82 Å². The Labute approximate surface area is 237 Å². The molecule has 0 aliphatic carbocycles. The average Bonchev–Trinajstić information content (AvgIpc) is 3.43. The van der Waals surface area contributed by atoms with Crippen LogP contribution in [-0.2, 0) is 11.3 Å². The van der Waals surface area contributed by atoms with Crippen LogP contribution in [-0.4, -0.2) is 68.6 Å². The first-order valence-corrected chi connectivity index (χ1v) is 13.5. The Kier molecular flexibility index (Phi) is 8.63. The fourth-order valence-corrected chi connectivity index (χ4v) is 4.53. The van der Waals surface area contributed by atoms with Crippen LogP contribution in [0.15, 0.2) is 79.0 Å². The number of benzene rings is 2. The molecule has 11 nitrogen and oxygen atoms in total. The number of hydrogen-bond acceptors (Lipinski definition) is 7. The monoisotopic (exact) mass is 553 g/mol. The van der Waals surface area contributed by atoms with Crippen molar-refractivity contribution < 1.29 is 19.1 Å². The maximum atomic E-state index is 13.2. The molecule has 0 saturated heterocycles. The third-order valence-corrected chi connectivity index (χ3v) is 6.56. The van der Waals surface area contributed by atoms with E-state index in [2.05, 4.69) is 15.6 Å². The number of carbonyl (C=O) groups is 3. The van der Waals surface area contributed by atoms with Crippen molar-refractivity contribution in [1.29, 1.82) is 0 Å². The van der Waals surface area contributed by atoms with E-state index in [1.54, 1.807) is 47.1 Å². The Morgan fingerprint density at radius 3 is 2.59 bits per heavy atom. The average molecular weight is 554 g/mol. The van der Waals surface area contributed by atoms with Crippen LogP contribution in [0.1, 0.15) is 46.1 Å². The van der Waals surface area contributed by atoms with Crippen LogP contribution in [0.5, 0.6) is 5.75 Å². The highest BCUT2D eigenvalue weighted by Crippen LogP contribution is 2.20. The molecule has 0 spiro atoms. The first-order chi connectivity index (χ1) is 20.0. The molecule has 0 fully saturated rings. The molecule has 1 aliphatic heterocycles. The van der Waals surface area contributed by atoms with Crippen molar-refractivity contribution in [2.75, 3.05) is 26.2 Å². The van der Waals surface area contributed by atoms with Crippen LogP contribution >= 0.6 is 0 Å². The Balaban J connectivity index is 1.43. The molecular formula is C30H31N7O4. The fraction of sp³-hybridized carbons (Fsp3) is 0.267. The summed E-state index contributed by atoms with van der Waals surface area (Å²) in [6, 6.07) is 21.1. The molecule has 4 aromatic rings. The minimum atomic E-state index is -0.499. The number of nitrogens with zero attached hydrogens (tertiary/aromatic N) is 5. The summed E-state index contributed by atoms with van der Waals surface area (Å²) in [6.07, 6.45) is 1.98. The normalized spacial score (nSPS) is 16.8. The predicted octanol–water partition coefficient (Wildman–Crippen LogP) is 2.87. The molecule has 0 radical (unpaired) electrons. The van der Waals surface area contributed by atoms with Gasteiger partial charge in [-0.15, -0.1) is 0 Å². The molecular weight excluding hydrogens is 522 g/mol. The molecule has 3 amide bonds. The molecule has 2 N–H and O–H groups in total. The smallest absolute Gasteiger partial charge is 0.272 e. The number of ether oxygens (including phenoxy) is 1. The van der Waals surface area contributed by atoms with Gasteiger partial charge in [-0.1, -0.05) is 42.5 Å². The number of aromatic nitrogens is 4. The number of carbonyl (C=O) groups excluding carboxylic acids is 3. The second-order valence-corrected chi connectivity index (χ2v) is 9.60. The van der Waals surface area contributed by atoms with Crippen molar-refractivity contribution in [3.63, 3.8) is 0 Å². The lowest BCUT2D eigenvalue weighted by atomic mass is 10.2. The van der Waals surface area contributed by atoms with E-state index in [4.69, 9.17) is 14.8 Å². The fourth-order valence-electron chi connectivity index (χ4n) is 4.53. The highest BCUT2D eigenvalue weighted by molar-refractivity contribution is 5.95. The largest absolute Gasteiger partial charge is 0.492 e. The van der Waals surface area contributed by atoms with Crippen molar-refractivity contribution in [2.24, 2.45) is 0 Å². The summed E-state index contributed by atoms with van der Waals surface area (Å²) >= 11 is 0. The maximum absolute atomic E-state index is 13.2.